The number of nitrogens with two attached hydrogens (primary N) is 1. The van der Waals surface area contributed by atoms with E-state index in [0.29, 0.717) is 4.99 Å². The number of nitrogens with zero attached hydrogens (tertiary/aromatic N) is 1. The second kappa shape index (κ2) is 5.31. The third-order valence-electron chi connectivity index (χ3n) is 2.78. The first-order chi connectivity index (χ1) is 8.61. The van der Waals surface area contributed by atoms with Crippen LogP contribution in [0.4, 0.5) is 0 Å². The van der Waals surface area contributed by atoms with Crippen LogP contribution >= 0.6 is 12.2 Å². The molecule has 2 rings (SSSR count). The standard InChI is InChI=1S/C14H16N2OS/c1-3-11(14(15)18)17-12-6-4-5-10-8-7-9(2)16-13(10)12/h4-8,11H,3H2,1-2H3,(H2,15,18). The zero-order valence-electron chi connectivity index (χ0n) is 10.5. The van der Waals surface area contributed by atoms with Crippen LogP contribution in [0.3, 0.4) is 0 Å². The maximum absolute atomic E-state index is 5.86. The molecule has 1 aromatic carbocycles. The predicted octanol–water partition coefficient (Wildman–Crippen LogP) is 2.99. The first-order valence-corrected chi connectivity index (χ1v) is 6.35. The lowest BCUT2D eigenvalue weighted by Crippen LogP contribution is -2.31. The lowest BCUT2D eigenvalue weighted by molar-refractivity contribution is 0.266. The molecular formula is C14H16N2OS. The first-order valence-electron chi connectivity index (χ1n) is 5.94. The lowest BCUT2D eigenvalue weighted by Gasteiger charge is -2.17. The van der Waals surface area contributed by atoms with Crippen LogP contribution in [0.5, 0.6) is 5.75 Å². The quantitative estimate of drug-likeness (QED) is 0.859. The summed E-state index contributed by atoms with van der Waals surface area (Å²) in [6, 6.07) is 9.87. The molecule has 4 heteroatoms. The molecule has 3 nitrogen and oxygen atoms in total. The number of para-hydroxylation sites is 1. The molecule has 2 aromatic rings. The summed E-state index contributed by atoms with van der Waals surface area (Å²) in [7, 11) is 0. The number of hydrogen-bond acceptors (Lipinski definition) is 3. The van der Waals surface area contributed by atoms with Crippen molar-refractivity contribution in [2.24, 2.45) is 5.73 Å². The Hall–Kier alpha value is -1.68. The molecule has 1 heterocycles. The summed E-state index contributed by atoms with van der Waals surface area (Å²) in [6.45, 7) is 3.95. The van der Waals surface area contributed by atoms with E-state index in [1.54, 1.807) is 0 Å². The highest BCUT2D eigenvalue weighted by Gasteiger charge is 2.13. The van der Waals surface area contributed by atoms with Gasteiger partial charge in [0.15, 0.2) is 0 Å². The van der Waals surface area contributed by atoms with Crippen LogP contribution in [-0.2, 0) is 0 Å². The van der Waals surface area contributed by atoms with E-state index in [-0.39, 0.29) is 6.10 Å². The Balaban J connectivity index is 2.44. The van der Waals surface area contributed by atoms with E-state index in [9.17, 15) is 0 Å². The zero-order chi connectivity index (χ0) is 13.1. The van der Waals surface area contributed by atoms with Crippen molar-refractivity contribution in [2.75, 3.05) is 0 Å². The fourth-order valence-corrected chi connectivity index (χ4v) is 2.02. The van der Waals surface area contributed by atoms with Gasteiger partial charge in [0.05, 0.1) is 0 Å². The molecule has 0 aliphatic carbocycles. The molecular weight excluding hydrogens is 244 g/mol. The number of rotatable bonds is 4. The topological polar surface area (TPSA) is 48.1 Å². The summed E-state index contributed by atoms with van der Waals surface area (Å²) in [5.41, 5.74) is 7.47. The molecule has 1 unspecified atom stereocenters. The lowest BCUT2D eigenvalue weighted by atomic mass is 10.2. The van der Waals surface area contributed by atoms with Crippen LogP contribution in [0.25, 0.3) is 10.9 Å². The predicted molar refractivity (Wildman–Crippen MR) is 78.0 cm³/mol. The minimum Gasteiger partial charge on any atom is -0.481 e. The van der Waals surface area contributed by atoms with Gasteiger partial charge < -0.3 is 10.5 Å². The zero-order valence-corrected chi connectivity index (χ0v) is 11.3. The van der Waals surface area contributed by atoms with Crippen LogP contribution in [0, 0.1) is 6.92 Å². The second-order valence-electron chi connectivity index (χ2n) is 4.20. The summed E-state index contributed by atoms with van der Waals surface area (Å²) >= 11 is 5.00. The fourth-order valence-electron chi connectivity index (χ4n) is 1.81. The molecule has 0 bridgehead atoms. The van der Waals surface area contributed by atoms with Crippen molar-refractivity contribution in [3.8, 4) is 5.75 Å². The van der Waals surface area contributed by atoms with E-state index >= 15 is 0 Å². The highest BCUT2D eigenvalue weighted by atomic mass is 32.1. The third-order valence-corrected chi connectivity index (χ3v) is 3.04. The number of pyridine rings is 1. The van der Waals surface area contributed by atoms with Gasteiger partial charge in [-0.2, -0.15) is 0 Å². The number of ether oxygens (including phenoxy) is 1. The number of benzene rings is 1. The number of fused-ring (bicyclic) bond motifs is 1. The summed E-state index contributed by atoms with van der Waals surface area (Å²) in [5.74, 6) is 0.732. The van der Waals surface area contributed by atoms with E-state index in [1.807, 2.05) is 44.2 Å². The van der Waals surface area contributed by atoms with Crippen LogP contribution in [0.2, 0.25) is 0 Å². The average molecular weight is 260 g/mol. The smallest absolute Gasteiger partial charge is 0.148 e. The molecule has 0 radical (unpaired) electrons. The summed E-state index contributed by atoms with van der Waals surface area (Å²) < 4.78 is 5.86. The minimum atomic E-state index is -0.243. The van der Waals surface area contributed by atoms with Gasteiger partial charge in [0.1, 0.15) is 22.4 Å². The monoisotopic (exact) mass is 260 g/mol. The molecule has 0 spiro atoms. The molecule has 0 fully saturated rings. The molecule has 18 heavy (non-hydrogen) atoms. The third kappa shape index (κ3) is 2.59. The van der Waals surface area contributed by atoms with Gasteiger partial charge in [0.2, 0.25) is 0 Å². The van der Waals surface area contributed by atoms with Gasteiger partial charge >= 0.3 is 0 Å². The van der Waals surface area contributed by atoms with Gasteiger partial charge in [-0.15, -0.1) is 0 Å². The minimum absolute atomic E-state index is 0.243. The largest absolute Gasteiger partial charge is 0.481 e. The van der Waals surface area contributed by atoms with Crippen molar-refractivity contribution >= 4 is 28.1 Å². The van der Waals surface area contributed by atoms with Crippen molar-refractivity contribution in [1.82, 2.24) is 4.98 Å². The van der Waals surface area contributed by atoms with Gasteiger partial charge in [-0.05, 0) is 25.5 Å². The van der Waals surface area contributed by atoms with E-state index in [4.69, 9.17) is 22.7 Å². The average Bonchev–Trinajstić information content (AvgIpc) is 2.35. The Morgan fingerprint density at radius 3 is 2.83 bits per heavy atom. The van der Waals surface area contributed by atoms with E-state index in [0.717, 1.165) is 28.8 Å². The van der Waals surface area contributed by atoms with Gasteiger partial charge in [-0.3, -0.25) is 0 Å². The second-order valence-corrected chi connectivity index (χ2v) is 4.67. The Labute approximate surface area is 112 Å². The Kier molecular flexibility index (Phi) is 3.77. The molecule has 2 N–H and O–H groups in total. The molecule has 94 valence electrons. The van der Waals surface area contributed by atoms with E-state index < -0.39 is 0 Å². The number of aryl methyl sites for hydroxylation is 1. The number of hydrogen-bond donors (Lipinski definition) is 1. The summed E-state index contributed by atoms with van der Waals surface area (Å²) in [4.78, 5) is 4.89. The maximum atomic E-state index is 5.86. The van der Waals surface area contributed by atoms with Crippen LogP contribution in [0.1, 0.15) is 19.0 Å². The van der Waals surface area contributed by atoms with Gasteiger partial charge in [0, 0.05) is 11.1 Å². The van der Waals surface area contributed by atoms with E-state index in [1.165, 1.54) is 0 Å². The molecule has 1 aromatic heterocycles. The normalized spacial score (nSPS) is 12.3. The van der Waals surface area contributed by atoms with Crippen LogP contribution < -0.4 is 10.5 Å². The molecule has 0 amide bonds. The van der Waals surface area contributed by atoms with Crippen molar-refractivity contribution in [3.63, 3.8) is 0 Å². The van der Waals surface area contributed by atoms with Crippen LogP contribution in [-0.4, -0.2) is 16.1 Å². The molecule has 1 atom stereocenters. The molecule has 0 saturated heterocycles. The van der Waals surface area contributed by atoms with Crippen molar-refractivity contribution in [2.45, 2.75) is 26.4 Å². The van der Waals surface area contributed by atoms with Gasteiger partial charge in [0.25, 0.3) is 0 Å². The Morgan fingerprint density at radius 1 is 1.39 bits per heavy atom. The SMILES string of the molecule is CCC(Oc1cccc2ccc(C)nc12)C(N)=S. The Bertz CT molecular complexity index is 583. The van der Waals surface area contributed by atoms with Crippen LogP contribution in [0.15, 0.2) is 30.3 Å². The molecule has 0 aliphatic rings. The number of aromatic nitrogens is 1. The number of thiocarbonyl (C=S) groups is 1. The van der Waals surface area contributed by atoms with Gasteiger partial charge in [-0.1, -0.05) is 37.3 Å². The highest BCUT2D eigenvalue weighted by molar-refractivity contribution is 7.80. The Morgan fingerprint density at radius 2 is 2.17 bits per heavy atom. The first kappa shape index (κ1) is 12.8. The summed E-state index contributed by atoms with van der Waals surface area (Å²) in [5, 5.41) is 1.05. The van der Waals surface area contributed by atoms with Crippen molar-refractivity contribution in [1.29, 1.82) is 0 Å². The maximum Gasteiger partial charge on any atom is 0.148 e. The molecule has 0 saturated carbocycles. The van der Waals surface area contributed by atoms with E-state index in [2.05, 4.69) is 4.98 Å². The van der Waals surface area contributed by atoms with Crippen molar-refractivity contribution < 1.29 is 4.74 Å². The van der Waals surface area contributed by atoms with Gasteiger partial charge in [-0.25, -0.2) is 4.98 Å². The highest BCUT2D eigenvalue weighted by Crippen LogP contribution is 2.25. The van der Waals surface area contributed by atoms with Crippen molar-refractivity contribution in [3.05, 3.63) is 36.0 Å². The molecule has 0 aliphatic heterocycles. The summed E-state index contributed by atoms with van der Waals surface area (Å²) in [6.07, 6.45) is 0.505. The fraction of sp³-hybridized carbons (Fsp3) is 0.286.